The molecule has 3 aromatic carbocycles. The second kappa shape index (κ2) is 9.65. The van der Waals surface area contributed by atoms with E-state index >= 15 is 0 Å². The second-order valence-corrected chi connectivity index (χ2v) is 8.30. The molecule has 0 saturated carbocycles. The summed E-state index contributed by atoms with van der Waals surface area (Å²) in [4.78, 5) is 15.0. The number of amides is 1. The van der Waals surface area contributed by atoms with Crippen LogP contribution in [-0.4, -0.2) is 29.2 Å². The SMILES string of the molecule is O=C(Nc1ccc(-c2ccc(N3CCCCC3)nn2)cc1)c1ccc(-c2ccccc2)cc1. The quantitative estimate of drug-likeness (QED) is 0.415. The number of hydrogen-bond donors (Lipinski definition) is 1. The first-order chi connectivity index (χ1) is 16.3. The van der Waals surface area contributed by atoms with Crippen LogP contribution in [0.3, 0.4) is 0 Å². The molecule has 33 heavy (non-hydrogen) atoms. The summed E-state index contributed by atoms with van der Waals surface area (Å²) in [5, 5.41) is 11.8. The first kappa shape index (κ1) is 20.9. The fourth-order valence-corrected chi connectivity index (χ4v) is 4.14. The van der Waals surface area contributed by atoms with Gasteiger partial charge in [0.25, 0.3) is 5.91 Å². The fourth-order valence-electron chi connectivity index (χ4n) is 4.14. The molecule has 1 N–H and O–H groups in total. The van der Waals surface area contributed by atoms with E-state index in [1.165, 1.54) is 19.3 Å². The van der Waals surface area contributed by atoms with Gasteiger partial charge in [0.1, 0.15) is 0 Å². The van der Waals surface area contributed by atoms with E-state index in [1.54, 1.807) is 0 Å². The minimum absolute atomic E-state index is 0.131. The molecule has 1 amide bonds. The largest absolute Gasteiger partial charge is 0.355 e. The van der Waals surface area contributed by atoms with E-state index in [1.807, 2.05) is 78.9 Å². The highest BCUT2D eigenvalue weighted by Gasteiger charge is 2.13. The topological polar surface area (TPSA) is 58.1 Å². The highest BCUT2D eigenvalue weighted by atomic mass is 16.1. The molecular formula is C28H26N4O. The van der Waals surface area contributed by atoms with E-state index < -0.39 is 0 Å². The highest BCUT2D eigenvalue weighted by molar-refractivity contribution is 6.04. The summed E-state index contributed by atoms with van der Waals surface area (Å²) >= 11 is 0. The lowest BCUT2D eigenvalue weighted by Gasteiger charge is -2.27. The zero-order chi connectivity index (χ0) is 22.5. The first-order valence-electron chi connectivity index (χ1n) is 11.4. The van der Waals surface area contributed by atoms with Crippen LogP contribution in [0.1, 0.15) is 29.6 Å². The van der Waals surface area contributed by atoms with E-state index in [0.29, 0.717) is 5.56 Å². The zero-order valence-corrected chi connectivity index (χ0v) is 18.4. The summed E-state index contributed by atoms with van der Waals surface area (Å²) in [5.74, 6) is 0.814. The number of aromatic nitrogens is 2. The van der Waals surface area contributed by atoms with Crippen LogP contribution >= 0.6 is 0 Å². The van der Waals surface area contributed by atoms with Crippen molar-refractivity contribution in [3.05, 3.63) is 96.6 Å². The average molecular weight is 435 g/mol. The number of piperidine rings is 1. The average Bonchev–Trinajstić information content (AvgIpc) is 2.90. The van der Waals surface area contributed by atoms with Crippen LogP contribution in [0.25, 0.3) is 22.4 Å². The first-order valence-corrected chi connectivity index (χ1v) is 11.4. The molecule has 164 valence electrons. The lowest BCUT2D eigenvalue weighted by atomic mass is 10.0. The summed E-state index contributed by atoms with van der Waals surface area (Å²) in [6, 6.07) is 29.5. The van der Waals surface area contributed by atoms with Gasteiger partial charge in [-0.15, -0.1) is 10.2 Å². The molecule has 5 rings (SSSR count). The summed E-state index contributed by atoms with van der Waals surface area (Å²) in [7, 11) is 0. The minimum Gasteiger partial charge on any atom is -0.355 e. The molecule has 2 heterocycles. The van der Waals surface area contributed by atoms with Crippen molar-refractivity contribution in [1.29, 1.82) is 0 Å². The number of nitrogens with zero attached hydrogens (tertiary/aromatic N) is 3. The molecule has 0 spiro atoms. The Morgan fingerprint density at radius 2 is 1.33 bits per heavy atom. The van der Waals surface area contributed by atoms with Gasteiger partial charge < -0.3 is 10.2 Å². The number of carbonyl (C=O) groups is 1. The Balaban J connectivity index is 1.23. The van der Waals surface area contributed by atoms with E-state index in [4.69, 9.17) is 0 Å². The number of nitrogens with one attached hydrogen (secondary N) is 1. The number of hydrogen-bond acceptors (Lipinski definition) is 4. The van der Waals surface area contributed by atoms with Crippen molar-refractivity contribution in [2.24, 2.45) is 0 Å². The van der Waals surface area contributed by atoms with Gasteiger partial charge in [-0.05, 0) is 66.8 Å². The number of rotatable bonds is 5. The molecule has 1 aliphatic rings. The van der Waals surface area contributed by atoms with Crippen molar-refractivity contribution in [3.63, 3.8) is 0 Å². The normalized spacial score (nSPS) is 13.5. The lowest BCUT2D eigenvalue weighted by molar-refractivity contribution is 0.102. The van der Waals surface area contributed by atoms with Crippen LogP contribution in [0.2, 0.25) is 0 Å². The fraction of sp³-hybridized carbons (Fsp3) is 0.179. The molecule has 1 saturated heterocycles. The van der Waals surface area contributed by atoms with Crippen molar-refractivity contribution in [2.75, 3.05) is 23.3 Å². The Kier molecular flexibility index (Phi) is 6.11. The number of anilines is 2. The van der Waals surface area contributed by atoms with E-state index in [0.717, 1.165) is 47.0 Å². The van der Waals surface area contributed by atoms with Gasteiger partial charge in [-0.1, -0.05) is 54.6 Å². The van der Waals surface area contributed by atoms with Crippen LogP contribution in [0, 0.1) is 0 Å². The summed E-state index contributed by atoms with van der Waals surface area (Å²) in [6.45, 7) is 2.11. The van der Waals surface area contributed by atoms with Crippen LogP contribution < -0.4 is 10.2 Å². The second-order valence-electron chi connectivity index (χ2n) is 8.30. The maximum atomic E-state index is 12.7. The third-order valence-electron chi connectivity index (χ3n) is 6.02. The van der Waals surface area contributed by atoms with Crippen molar-refractivity contribution < 1.29 is 4.79 Å². The summed E-state index contributed by atoms with van der Waals surface area (Å²) in [5.41, 5.74) is 5.38. The molecule has 0 unspecified atom stereocenters. The molecule has 0 bridgehead atoms. The Morgan fingerprint density at radius 3 is 2.00 bits per heavy atom. The van der Waals surface area contributed by atoms with Gasteiger partial charge >= 0.3 is 0 Å². The van der Waals surface area contributed by atoms with Crippen molar-refractivity contribution >= 4 is 17.4 Å². The van der Waals surface area contributed by atoms with E-state index in [9.17, 15) is 4.79 Å². The molecule has 0 atom stereocenters. The molecular weight excluding hydrogens is 408 g/mol. The lowest BCUT2D eigenvalue weighted by Crippen LogP contribution is -2.30. The van der Waals surface area contributed by atoms with E-state index in [2.05, 4.69) is 32.5 Å². The molecule has 5 heteroatoms. The van der Waals surface area contributed by atoms with E-state index in [-0.39, 0.29) is 5.91 Å². The predicted octanol–water partition coefficient (Wildman–Crippen LogP) is 6.05. The van der Waals surface area contributed by atoms with Gasteiger partial charge in [0.05, 0.1) is 5.69 Å². The molecule has 1 fully saturated rings. The molecule has 5 nitrogen and oxygen atoms in total. The third kappa shape index (κ3) is 4.93. The van der Waals surface area contributed by atoms with Crippen molar-refractivity contribution in [3.8, 4) is 22.4 Å². The van der Waals surface area contributed by atoms with Crippen molar-refractivity contribution in [1.82, 2.24) is 10.2 Å². The summed E-state index contributed by atoms with van der Waals surface area (Å²) < 4.78 is 0. The maximum Gasteiger partial charge on any atom is 0.255 e. The standard InChI is InChI=1S/C28H26N4O/c33-28(24-11-9-22(10-12-24)21-7-3-1-4-8-21)29-25-15-13-23(14-16-25)26-17-18-27(31-30-26)32-19-5-2-6-20-32/h1,3-4,7-18H,2,5-6,19-20H2,(H,29,33). The van der Waals surface area contributed by atoms with Gasteiger partial charge in [0.2, 0.25) is 0 Å². The number of carbonyl (C=O) groups excluding carboxylic acids is 1. The minimum atomic E-state index is -0.131. The molecule has 0 radical (unpaired) electrons. The molecule has 1 aliphatic heterocycles. The Morgan fingerprint density at radius 1 is 0.667 bits per heavy atom. The molecule has 4 aromatic rings. The summed E-state index contributed by atoms with van der Waals surface area (Å²) in [6.07, 6.45) is 3.73. The van der Waals surface area contributed by atoms with Crippen LogP contribution in [0.15, 0.2) is 91.0 Å². The highest BCUT2D eigenvalue weighted by Crippen LogP contribution is 2.23. The monoisotopic (exact) mass is 434 g/mol. The Bertz CT molecular complexity index is 1200. The Hall–Kier alpha value is -3.99. The van der Waals surface area contributed by atoms with Crippen LogP contribution in [0.4, 0.5) is 11.5 Å². The Labute approximate surface area is 194 Å². The van der Waals surface area contributed by atoms with Gasteiger partial charge in [-0.2, -0.15) is 0 Å². The molecule has 0 aliphatic carbocycles. The number of benzene rings is 3. The van der Waals surface area contributed by atoms with Crippen LogP contribution in [0.5, 0.6) is 0 Å². The zero-order valence-electron chi connectivity index (χ0n) is 18.4. The van der Waals surface area contributed by atoms with Gasteiger partial charge in [0.15, 0.2) is 5.82 Å². The van der Waals surface area contributed by atoms with Gasteiger partial charge in [-0.25, -0.2) is 0 Å². The molecule has 1 aromatic heterocycles. The van der Waals surface area contributed by atoms with Crippen molar-refractivity contribution in [2.45, 2.75) is 19.3 Å². The van der Waals surface area contributed by atoms with Crippen LogP contribution in [-0.2, 0) is 0 Å². The smallest absolute Gasteiger partial charge is 0.255 e. The maximum absolute atomic E-state index is 12.7. The predicted molar refractivity (Wildman–Crippen MR) is 133 cm³/mol. The third-order valence-corrected chi connectivity index (χ3v) is 6.02. The van der Waals surface area contributed by atoms with Gasteiger partial charge in [-0.3, -0.25) is 4.79 Å². The van der Waals surface area contributed by atoms with Gasteiger partial charge in [0, 0.05) is 29.9 Å².